The topological polar surface area (TPSA) is 45.0 Å². The summed E-state index contributed by atoms with van der Waals surface area (Å²) in [6.07, 6.45) is 3.40. The fourth-order valence-electron chi connectivity index (χ4n) is 2.37. The lowest BCUT2D eigenvalue weighted by atomic mass is 10.0. The molecule has 3 heteroatoms. The van der Waals surface area contributed by atoms with E-state index in [-0.39, 0.29) is 0 Å². The Morgan fingerprint density at radius 3 is 2.78 bits per heavy atom. The minimum atomic E-state index is 0.320. The molecule has 1 fully saturated rings. The summed E-state index contributed by atoms with van der Waals surface area (Å²) in [4.78, 5) is 0. The first-order valence-corrected chi connectivity index (χ1v) is 6.63. The van der Waals surface area contributed by atoms with Crippen LogP contribution in [0, 0.1) is 11.3 Å². The smallest absolute Gasteiger partial charge is 0.0991 e. The highest BCUT2D eigenvalue weighted by Gasteiger charge is 2.15. The number of rotatable bonds is 3. The molecule has 2 rings (SSSR count). The van der Waals surface area contributed by atoms with E-state index >= 15 is 0 Å². The first kappa shape index (κ1) is 13.1. The van der Waals surface area contributed by atoms with Crippen molar-refractivity contribution in [2.75, 3.05) is 13.2 Å². The van der Waals surface area contributed by atoms with Gasteiger partial charge >= 0.3 is 0 Å². The van der Waals surface area contributed by atoms with Gasteiger partial charge in [-0.3, -0.25) is 0 Å². The van der Waals surface area contributed by atoms with Gasteiger partial charge in [-0.2, -0.15) is 5.26 Å². The number of nitrogens with one attached hydrogen (secondary N) is 1. The second kappa shape index (κ2) is 6.53. The molecule has 3 nitrogen and oxygen atoms in total. The predicted octanol–water partition coefficient (Wildman–Crippen LogP) is 2.78. The van der Waals surface area contributed by atoms with Crippen LogP contribution in [0.5, 0.6) is 0 Å². The molecule has 1 aliphatic heterocycles. The van der Waals surface area contributed by atoms with Crippen molar-refractivity contribution in [3.8, 4) is 6.07 Å². The lowest BCUT2D eigenvalue weighted by Crippen LogP contribution is -2.31. The van der Waals surface area contributed by atoms with Crippen LogP contribution < -0.4 is 5.32 Å². The van der Waals surface area contributed by atoms with Crippen molar-refractivity contribution in [3.05, 3.63) is 35.4 Å². The quantitative estimate of drug-likeness (QED) is 0.889. The Morgan fingerprint density at radius 2 is 2.06 bits per heavy atom. The van der Waals surface area contributed by atoms with E-state index in [2.05, 4.69) is 18.3 Å². The van der Waals surface area contributed by atoms with Gasteiger partial charge in [-0.1, -0.05) is 12.1 Å². The van der Waals surface area contributed by atoms with Crippen LogP contribution in [0.25, 0.3) is 0 Å². The van der Waals surface area contributed by atoms with Gasteiger partial charge in [0.1, 0.15) is 0 Å². The van der Waals surface area contributed by atoms with Crippen molar-refractivity contribution in [2.24, 2.45) is 0 Å². The number of nitriles is 1. The van der Waals surface area contributed by atoms with E-state index in [4.69, 9.17) is 10.00 Å². The number of nitrogens with zero attached hydrogens (tertiary/aromatic N) is 1. The Kier molecular flexibility index (Phi) is 4.74. The predicted molar refractivity (Wildman–Crippen MR) is 71.2 cm³/mol. The van der Waals surface area contributed by atoms with E-state index in [9.17, 15) is 0 Å². The molecule has 0 amide bonds. The van der Waals surface area contributed by atoms with Gasteiger partial charge < -0.3 is 10.1 Å². The Balaban J connectivity index is 1.93. The minimum Gasteiger partial charge on any atom is -0.381 e. The molecule has 1 heterocycles. The summed E-state index contributed by atoms with van der Waals surface area (Å²) in [5.74, 6) is 0. The molecule has 0 saturated carbocycles. The van der Waals surface area contributed by atoms with Crippen molar-refractivity contribution in [1.82, 2.24) is 5.32 Å². The maximum absolute atomic E-state index is 8.78. The van der Waals surface area contributed by atoms with Crippen molar-refractivity contribution in [3.63, 3.8) is 0 Å². The summed E-state index contributed by atoms with van der Waals surface area (Å²) < 4.78 is 5.47. The summed E-state index contributed by atoms with van der Waals surface area (Å²) in [6.45, 7) is 3.92. The van der Waals surface area contributed by atoms with Gasteiger partial charge in [-0.15, -0.1) is 0 Å². The highest BCUT2D eigenvalue weighted by Crippen LogP contribution is 2.17. The van der Waals surface area contributed by atoms with Crippen LogP contribution in [0.1, 0.15) is 43.4 Å². The molecule has 2 unspecified atom stereocenters. The fourth-order valence-corrected chi connectivity index (χ4v) is 2.37. The molecule has 1 aliphatic rings. The van der Waals surface area contributed by atoms with Crippen LogP contribution in [-0.4, -0.2) is 19.3 Å². The second-order valence-corrected chi connectivity index (χ2v) is 4.86. The molecule has 0 radical (unpaired) electrons. The van der Waals surface area contributed by atoms with Crippen LogP contribution in [0.15, 0.2) is 24.3 Å². The van der Waals surface area contributed by atoms with Crippen LogP contribution in [-0.2, 0) is 4.74 Å². The zero-order chi connectivity index (χ0) is 12.8. The molecular weight excluding hydrogens is 224 g/mol. The summed E-state index contributed by atoms with van der Waals surface area (Å²) in [7, 11) is 0. The van der Waals surface area contributed by atoms with Crippen LogP contribution >= 0.6 is 0 Å². The Bertz CT molecular complexity index is 399. The van der Waals surface area contributed by atoms with Gasteiger partial charge in [0, 0.05) is 25.3 Å². The summed E-state index contributed by atoms with van der Waals surface area (Å²) in [5.41, 5.74) is 1.95. The van der Waals surface area contributed by atoms with E-state index in [0.717, 1.165) is 26.1 Å². The van der Waals surface area contributed by atoms with Crippen molar-refractivity contribution < 1.29 is 4.74 Å². The molecule has 0 bridgehead atoms. The molecule has 18 heavy (non-hydrogen) atoms. The molecule has 1 saturated heterocycles. The van der Waals surface area contributed by atoms with Gasteiger partial charge in [0.2, 0.25) is 0 Å². The summed E-state index contributed by atoms with van der Waals surface area (Å²) in [6, 6.07) is 10.8. The Morgan fingerprint density at radius 1 is 1.28 bits per heavy atom. The molecule has 96 valence electrons. The van der Waals surface area contributed by atoms with Crippen LogP contribution in [0.2, 0.25) is 0 Å². The third-order valence-corrected chi connectivity index (χ3v) is 3.48. The van der Waals surface area contributed by atoms with E-state index in [1.807, 2.05) is 24.3 Å². The average molecular weight is 244 g/mol. The molecular formula is C15H20N2O. The Hall–Kier alpha value is -1.37. The largest absolute Gasteiger partial charge is 0.381 e. The SMILES string of the molecule is CC(NC1CCCOCC1)c1ccc(C#N)cc1. The lowest BCUT2D eigenvalue weighted by Gasteiger charge is -2.22. The lowest BCUT2D eigenvalue weighted by molar-refractivity contribution is 0.142. The number of ether oxygens (including phenoxy) is 1. The molecule has 1 aromatic rings. The van der Waals surface area contributed by atoms with Crippen molar-refractivity contribution in [2.45, 2.75) is 38.3 Å². The van der Waals surface area contributed by atoms with Crippen molar-refractivity contribution in [1.29, 1.82) is 5.26 Å². The summed E-state index contributed by atoms with van der Waals surface area (Å²) in [5, 5.41) is 12.4. The van der Waals surface area contributed by atoms with Crippen LogP contribution in [0.4, 0.5) is 0 Å². The monoisotopic (exact) mass is 244 g/mol. The zero-order valence-electron chi connectivity index (χ0n) is 10.9. The normalized spacial score (nSPS) is 21.9. The highest BCUT2D eigenvalue weighted by molar-refractivity contribution is 5.32. The van der Waals surface area contributed by atoms with Gasteiger partial charge in [0.25, 0.3) is 0 Å². The number of hydrogen-bond acceptors (Lipinski definition) is 3. The summed E-state index contributed by atoms with van der Waals surface area (Å²) >= 11 is 0. The highest BCUT2D eigenvalue weighted by atomic mass is 16.5. The van der Waals surface area contributed by atoms with E-state index in [1.54, 1.807) is 0 Å². The van der Waals surface area contributed by atoms with E-state index < -0.39 is 0 Å². The van der Waals surface area contributed by atoms with E-state index in [0.29, 0.717) is 17.6 Å². The standard InChI is InChI=1S/C15H20N2O/c1-12(14-6-4-13(11-16)5-7-14)17-15-3-2-9-18-10-8-15/h4-7,12,15,17H,2-3,8-10H2,1H3. The maximum atomic E-state index is 8.78. The number of benzene rings is 1. The fraction of sp³-hybridized carbons (Fsp3) is 0.533. The van der Waals surface area contributed by atoms with Gasteiger partial charge in [-0.25, -0.2) is 0 Å². The van der Waals surface area contributed by atoms with Gasteiger partial charge in [-0.05, 0) is 43.9 Å². The average Bonchev–Trinajstić information content (AvgIpc) is 2.67. The van der Waals surface area contributed by atoms with Crippen LogP contribution in [0.3, 0.4) is 0 Å². The van der Waals surface area contributed by atoms with Gasteiger partial charge in [0.05, 0.1) is 11.6 Å². The van der Waals surface area contributed by atoms with Gasteiger partial charge in [0.15, 0.2) is 0 Å². The van der Waals surface area contributed by atoms with Crippen molar-refractivity contribution >= 4 is 0 Å². The maximum Gasteiger partial charge on any atom is 0.0991 e. The second-order valence-electron chi connectivity index (χ2n) is 4.86. The first-order valence-electron chi connectivity index (χ1n) is 6.63. The van der Waals surface area contributed by atoms with E-state index in [1.165, 1.54) is 12.0 Å². The third-order valence-electron chi connectivity index (χ3n) is 3.48. The Labute approximate surface area is 109 Å². The molecule has 0 aliphatic carbocycles. The molecule has 0 aromatic heterocycles. The number of hydrogen-bond donors (Lipinski definition) is 1. The molecule has 1 aromatic carbocycles. The molecule has 0 spiro atoms. The minimum absolute atomic E-state index is 0.320. The molecule has 2 atom stereocenters. The third kappa shape index (κ3) is 3.56. The molecule has 1 N–H and O–H groups in total. The zero-order valence-corrected chi connectivity index (χ0v) is 10.9. The first-order chi connectivity index (χ1) is 8.79.